The van der Waals surface area contributed by atoms with Crippen molar-refractivity contribution in [3.63, 3.8) is 0 Å². The van der Waals surface area contributed by atoms with E-state index in [1.54, 1.807) is 7.11 Å². The van der Waals surface area contributed by atoms with Crippen molar-refractivity contribution in [1.82, 2.24) is 21.3 Å². The monoisotopic (exact) mass is 790 g/mol. The van der Waals surface area contributed by atoms with E-state index >= 15 is 0 Å². The Morgan fingerprint density at radius 3 is 1.47 bits per heavy atom. The topological polar surface area (TPSA) is 163 Å². The highest BCUT2D eigenvalue weighted by atomic mass is 16.6. The van der Waals surface area contributed by atoms with E-state index < -0.39 is 5.41 Å². The Bertz CT molecular complexity index is 1670. The molecule has 0 spiro atoms. The van der Waals surface area contributed by atoms with Gasteiger partial charge in [-0.15, -0.1) is 0 Å². The van der Waals surface area contributed by atoms with Crippen LogP contribution in [0.25, 0.3) is 0 Å². The number of hydrogen-bond donors (Lipinski definition) is 4. The smallest absolute Gasteiger partial charge is 0.231 e. The van der Waals surface area contributed by atoms with Crippen LogP contribution in [0.4, 0.5) is 0 Å². The molecule has 8 aliphatic rings. The van der Waals surface area contributed by atoms with Crippen LogP contribution in [0.15, 0.2) is 24.3 Å². The number of ether oxygens (including phenoxy) is 5. The minimum atomic E-state index is -0.687. The summed E-state index contributed by atoms with van der Waals surface area (Å²) in [5, 5.41) is 12.9. The summed E-state index contributed by atoms with van der Waals surface area (Å²) in [6, 6.07) is 7.15. The predicted molar refractivity (Wildman–Crippen MR) is 208 cm³/mol. The standard InChI is InChI=1S/C44H62N4O9/c1-43(2,28-10-8-27(9-11-28)41(51)47-32-21-55-35-31(20-54-36(32)35)45-39(49)25-4-5-25)18-24-16-17-44(19-24,29-12-14-30(53-3)15-13-29)42(52)48-34-23-57-37-33(22-56-38(34)37)46-40(50)26-6-7-26/h12-15,24-28,31-38H,4-11,16-23H2,1-3H3,(H,45,49)(H,46,50)(H,47,51)(H,48,52). The molecule has 13 heteroatoms. The van der Waals surface area contributed by atoms with E-state index in [2.05, 4.69) is 35.1 Å². The Hall–Kier alpha value is -3.26. The highest BCUT2D eigenvalue weighted by molar-refractivity contribution is 5.89. The first kappa shape index (κ1) is 39.2. The molecule has 0 aromatic heterocycles. The Balaban J connectivity index is 0.789. The number of fused-ring (bicyclic) bond motifs is 2. The van der Waals surface area contributed by atoms with E-state index in [0.29, 0.717) is 38.3 Å². The number of benzene rings is 1. The average Bonchev–Trinajstić information content (AvgIpc) is 4.03. The molecule has 0 radical (unpaired) electrons. The molecule has 4 amide bonds. The van der Waals surface area contributed by atoms with Gasteiger partial charge >= 0.3 is 0 Å². The predicted octanol–water partition coefficient (Wildman–Crippen LogP) is 3.31. The first-order valence-electron chi connectivity index (χ1n) is 21.8. The van der Waals surface area contributed by atoms with Crippen LogP contribution >= 0.6 is 0 Å². The van der Waals surface area contributed by atoms with Gasteiger partial charge in [-0.3, -0.25) is 19.2 Å². The molecular weight excluding hydrogens is 729 g/mol. The van der Waals surface area contributed by atoms with Gasteiger partial charge in [0.15, 0.2) is 0 Å². The van der Waals surface area contributed by atoms with E-state index in [9.17, 15) is 19.2 Å². The van der Waals surface area contributed by atoms with Crippen molar-refractivity contribution in [3.05, 3.63) is 29.8 Å². The lowest BCUT2D eigenvalue weighted by Crippen LogP contribution is -2.52. The van der Waals surface area contributed by atoms with Crippen molar-refractivity contribution in [1.29, 1.82) is 0 Å². The molecule has 10 atom stereocenters. The number of rotatable bonds is 13. The van der Waals surface area contributed by atoms with Gasteiger partial charge in [-0.25, -0.2) is 0 Å². The molecule has 1 aromatic rings. The molecule has 312 valence electrons. The second-order valence-corrected chi connectivity index (χ2v) is 19.3. The van der Waals surface area contributed by atoms with Gasteiger partial charge in [0.05, 0.1) is 63.1 Å². The SMILES string of the molecule is COc1ccc(C2(C(=O)NC3COC4C(NC(=O)C5CC5)COC34)CCC(CC(C)(C)C3CCC(C(=O)NC4COC5C(NC(=O)C6CC6)COC45)CC3)C2)cc1. The van der Waals surface area contributed by atoms with Crippen molar-refractivity contribution in [2.45, 2.75) is 145 Å². The van der Waals surface area contributed by atoms with Crippen LogP contribution in [0, 0.1) is 35.0 Å². The fraction of sp³-hybridized carbons (Fsp3) is 0.773. The van der Waals surface area contributed by atoms with Gasteiger partial charge in [-0.05, 0) is 112 Å². The van der Waals surface area contributed by atoms with Crippen LogP contribution in [0.3, 0.4) is 0 Å². The summed E-state index contributed by atoms with van der Waals surface area (Å²) in [5.74, 6) is 2.10. The van der Waals surface area contributed by atoms with Crippen LogP contribution in [0.5, 0.6) is 5.75 Å². The lowest BCUT2D eigenvalue weighted by atomic mass is 9.65. The number of carbonyl (C=O) groups is 4. The molecule has 4 aliphatic heterocycles. The molecule has 4 saturated heterocycles. The van der Waals surface area contributed by atoms with Crippen molar-refractivity contribution in [2.24, 2.45) is 35.0 Å². The number of nitrogens with one attached hydrogen (secondary N) is 4. The second kappa shape index (κ2) is 15.7. The molecule has 0 bridgehead atoms. The normalized spacial score (nSPS) is 38.6. The first-order chi connectivity index (χ1) is 27.5. The first-order valence-corrected chi connectivity index (χ1v) is 21.8. The summed E-state index contributed by atoms with van der Waals surface area (Å²) in [6.45, 7) is 6.33. The number of hydrogen-bond acceptors (Lipinski definition) is 9. The fourth-order valence-corrected chi connectivity index (χ4v) is 11.3. The zero-order valence-electron chi connectivity index (χ0n) is 33.8. The Labute approximate surface area is 336 Å². The Morgan fingerprint density at radius 2 is 1.05 bits per heavy atom. The summed E-state index contributed by atoms with van der Waals surface area (Å²) in [7, 11) is 1.65. The summed E-state index contributed by atoms with van der Waals surface area (Å²) >= 11 is 0. The molecule has 57 heavy (non-hydrogen) atoms. The molecule has 4 aliphatic carbocycles. The van der Waals surface area contributed by atoms with Gasteiger partial charge in [-0.2, -0.15) is 0 Å². The summed E-state index contributed by atoms with van der Waals surface area (Å²) in [6.07, 6.45) is 9.96. The Morgan fingerprint density at radius 1 is 0.632 bits per heavy atom. The molecule has 4 heterocycles. The van der Waals surface area contributed by atoms with E-state index in [-0.39, 0.29) is 95.4 Å². The largest absolute Gasteiger partial charge is 0.497 e. The molecule has 8 fully saturated rings. The maximum Gasteiger partial charge on any atom is 0.231 e. The van der Waals surface area contributed by atoms with Crippen LogP contribution in [-0.2, 0) is 43.5 Å². The summed E-state index contributed by atoms with van der Waals surface area (Å²) in [4.78, 5) is 53.0. The molecule has 4 N–H and O–H groups in total. The molecule has 10 unspecified atom stereocenters. The van der Waals surface area contributed by atoms with E-state index in [0.717, 1.165) is 88.4 Å². The number of amides is 4. The third kappa shape index (κ3) is 7.94. The minimum absolute atomic E-state index is 0.0170. The number of methoxy groups -OCH3 is 1. The van der Waals surface area contributed by atoms with Crippen molar-refractivity contribution >= 4 is 23.6 Å². The summed E-state index contributed by atoms with van der Waals surface area (Å²) < 4.78 is 29.9. The van der Waals surface area contributed by atoms with Gasteiger partial charge in [0, 0.05) is 17.8 Å². The average molecular weight is 791 g/mol. The highest BCUT2D eigenvalue weighted by Crippen LogP contribution is 2.52. The lowest BCUT2D eigenvalue weighted by Gasteiger charge is -2.41. The van der Waals surface area contributed by atoms with E-state index in [1.165, 1.54) is 0 Å². The van der Waals surface area contributed by atoms with Crippen LogP contribution in [0.1, 0.15) is 96.5 Å². The van der Waals surface area contributed by atoms with Crippen molar-refractivity contribution < 1.29 is 42.9 Å². The third-order valence-electron chi connectivity index (χ3n) is 15.0. The maximum atomic E-state index is 14.6. The van der Waals surface area contributed by atoms with E-state index in [4.69, 9.17) is 23.7 Å². The summed E-state index contributed by atoms with van der Waals surface area (Å²) in [5.41, 5.74) is 0.367. The molecular formula is C44H62N4O9. The van der Waals surface area contributed by atoms with E-state index in [1.807, 2.05) is 24.3 Å². The van der Waals surface area contributed by atoms with Crippen LogP contribution in [-0.4, -0.2) is 106 Å². The van der Waals surface area contributed by atoms with Gasteiger partial charge in [0.25, 0.3) is 0 Å². The minimum Gasteiger partial charge on any atom is -0.497 e. The maximum absolute atomic E-state index is 14.6. The van der Waals surface area contributed by atoms with Gasteiger partial charge < -0.3 is 45.0 Å². The third-order valence-corrected chi connectivity index (χ3v) is 15.0. The molecule has 4 saturated carbocycles. The van der Waals surface area contributed by atoms with Crippen molar-refractivity contribution in [2.75, 3.05) is 33.5 Å². The molecule has 1 aromatic carbocycles. The zero-order valence-corrected chi connectivity index (χ0v) is 33.8. The van der Waals surface area contributed by atoms with Crippen LogP contribution in [0.2, 0.25) is 0 Å². The molecule has 9 rings (SSSR count). The zero-order chi connectivity index (χ0) is 39.5. The quantitative estimate of drug-likeness (QED) is 0.235. The van der Waals surface area contributed by atoms with Gasteiger partial charge in [0.1, 0.15) is 30.2 Å². The van der Waals surface area contributed by atoms with Crippen LogP contribution < -0.4 is 26.0 Å². The second-order valence-electron chi connectivity index (χ2n) is 19.3. The van der Waals surface area contributed by atoms with Gasteiger partial charge in [0.2, 0.25) is 23.6 Å². The lowest BCUT2D eigenvalue weighted by molar-refractivity contribution is -0.128. The fourth-order valence-electron chi connectivity index (χ4n) is 11.3. The number of carbonyl (C=O) groups excluding carboxylic acids is 4. The Kier molecular flexibility index (Phi) is 10.8. The highest BCUT2D eigenvalue weighted by Gasteiger charge is 2.54. The van der Waals surface area contributed by atoms with Crippen molar-refractivity contribution in [3.8, 4) is 5.75 Å². The van der Waals surface area contributed by atoms with Gasteiger partial charge in [-0.1, -0.05) is 26.0 Å². The molecule has 13 nitrogen and oxygen atoms in total.